The maximum atomic E-state index is 9.47. The average Bonchev–Trinajstić information content (AvgIpc) is 2.96. The number of nitrogens with one attached hydrogen (secondary N) is 1. The van der Waals surface area contributed by atoms with Gasteiger partial charge in [0, 0.05) is 12.2 Å². The Morgan fingerprint density at radius 1 is 1.33 bits per heavy atom. The predicted molar refractivity (Wildman–Crippen MR) is 82.3 cm³/mol. The summed E-state index contributed by atoms with van der Waals surface area (Å²) in [6.07, 6.45) is 6.41. The molecule has 0 radical (unpaired) electrons. The fraction of sp³-hybridized carbons (Fsp3) is 0.412. The smallest absolute Gasteiger partial charge is 0.101 e. The van der Waals surface area contributed by atoms with E-state index in [0.29, 0.717) is 0 Å². The number of hydrogen-bond acceptors (Lipinski definition) is 3. The first-order valence-electron chi connectivity index (χ1n) is 7.62. The lowest BCUT2D eigenvalue weighted by Crippen LogP contribution is -2.12. The Morgan fingerprint density at radius 2 is 2.19 bits per heavy atom. The highest BCUT2D eigenvalue weighted by molar-refractivity contribution is 5.52. The molecule has 0 unspecified atom stereocenters. The van der Waals surface area contributed by atoms with Gasteiger partial charge >= 0.3 is 0 Å². The van der Waals surface area contributed by atoms with Crippen LogP contribution in [0.4, 0.5) is 0 Å². The fourth-order valence-electron chi connectivity index (χ4n) is 2.94. The summed E-state index contributed by atoms with van der Waals surface area (Å²) in [7, 11) is 0. The SMILES string of the molecule is CCNCc1ccc(-n2cnc3c2CCCC3)c(C#N)c1. The lowest BCUT2D eigenvalue weighted by Gasteiger charge is -2.15. The van der Waals surface area contributed by atoms with Crippen LogP contribution in [0.1, 0.15) is 42.3 Å². The van der Waals surface area contributed by atoms with Gasteiger partial charge in [0.1, 0.15) is 6.07 Å². The standard InChI is InChI=1S/C17H20N4/c1-2-19-11-13-7-8-16(14(9-13)10-18)21-12-20-15-5-3-4-6-17(15)21/h7-9,12,19H,2-6,11H2,1H3. The molecule has 0 atom stereocenters. The van der Waals surface area contributed by atoms with E-state index in [4.69, 9.17) is 0 Å². The molecule has 0 aliphatic heterocycles. The van der Waals surface area contributed by atoms with E-state index in [1.807, 2.05) is 18.5 Å². The third-order valence-corrected chi connectivity index (χ3v) is 4.05. The van der Waals surface area contributed by atoms with Crippen molar-refractivity contribution in [2.24, 2.45) is 0 Å². The minimum atomic E-state index is 0.719. The third kappa shape index (κ3) is 2.70. The second-order valence-corrected chi connectivity index (χ2v) is 5.46. The molecular formula is C17H20N4. The number of benzene rings is 1. The maximum Gasteiger partial charge on any atom is 0.101 e. The van der Waals surface area contributed by atoms with Crippen LogP contribution < -0.4 is 5.32 Å². The minimum Gasteiger partial charge on any atom is -0.313 e. The highest BCUT2D eigenvalue weighted by Crippen LogP contribution is 2.25. The van der Waals surface area contributed by atoms with Crippen molar-refractivity contribution >= 4 is 0 Å². The van der Waals surface area contributed by atoms with E-state index in [-0.39, 0.29) is 0 Å². The zero-order valence-corrected chi connectivity index (χ0v) is 12.4. The van der Waals surface area contributed by atoms with Crippen molar-refractivity contribution in [3.63, 3.8) is 0 Å². The summed E-state index contributed by atoms with van der Waals surface area (Å²) < 4.78 is 2.10. The van der Waals surface area contributed by atoms with Gasteiger partial charge in [-0.05, 0) is 49.9 Å². The normalized spacial score (nSPS) is 13.7. The van der Waals surface area contributed by atoms with E-state index in [1.54, 1.807) is 0 Å². The average molecular weight is 280 g/mol. The van der Waals surface area contributed by atoms with Crippen molar-refractivity contribution in [3.8, 4) is 11.8 Å². The molecule has 3 rings (SSSR count). The van der Waals surface area contributed by atoms with E-state index < -0.39 is 0 Å². The zero-order chi connectivity index (χ0) is 14.7. The highest BCUT2D eigenvalue weighted by Gasteiger charge is 2.17. The lowest BCUT2D eigenvalue weighted by atomic mass is 10.0. The summed E-state index contributed by atoms with van der Waals surface area (Å²) in [5.41, 5.74) is 5.29. The van der Waals surface area contributed by atoms with E-state index in [2.05, 4.69) is 33.9 Å². The van der Waals surface area contributed by atoms with Crippen molar-refractivity contribution in [2.45, 2.75) is 39.2 Å². The van der Waals surface area contributed by atoms with Crippen LogP contribution >= 0.6 is 0 Å². The summed E-state index contributed by atoms with van der Waals surface area (Å²) in [5, 5.41) is 12.8. The van der Waals surface area contributed by atoms with Crippen LogP contribution in [-0.4, -0.2) is 16.1 Å². The molecule has 1 aliphatic rings. The van der Waals surface area contributed by atoms with Crippen molar-refractivity contribution in [1.29, 1.82) is 5.26 Å². The highest BCUT2D eigenvalue weighted by atomic mass is 15.1. The van der Waals surface area contributed by atoms with Gasteiger partial charge in [-0.1, -0.05) is 13.0 Å². The van der Waals surface area contributed by atoms with Crippen LogP contribution in [0.3, 0.4) is 0 Å². The van der Waals surface area contributed by atoms with Gasteiger partial charge in [0.25, 0.3) is 0 Å². The first-order valence-corrected chi connectivity index (χ1v) is 7.62. The van der Waals surface area contributed by atoms with Gasteiger partial charge in [0.05, 0.1) is 23.3 Å². The van der Waals surface area contributed by atoms with Crippen LogP contribution in [0.2, 0.25) is 0 Å². The molecule has 4 heteroatoms. The van der Waals surface area contributed by atoms with Crippen molar-refractivity contribution in [3.05, 3.63) is 47.0 Å². The van der Waals surface area contributed by atoms with Gasteiger partial charge in [0.15, 0.2) is 0 Å². The Morgan fingerprint density at radius 3 is 3.00 bits per heavy atom. The van der Waals surface area contributed by atoms with Crippen molar-refractivity contribution < 1.29 is 0 Å². The molecule has 1 heterocycles. The summed E-state index contributed by atoms with van der Waals surface area (Å²) in [5.74, 6) is 0. The van der Waals surface area contributed by atoms with Crippen molar-refractivity contribution in [2.75, 3.05) is 6.54 Å². The number of rotatable bonds is 4. The fourth-order valence-corrected chi connectivity index (χ4v) is 2.94. The number of nitriles is 1. The molecule has 2 aromatic rings. The van der Waals surface area contributed by atoms with E-state index >= 15 is 0 Å². The van der Waals surface area contributed by atoms with Gasteiger partial charge in [0.2, 0.25) is 0 Å². The summed E-state index contributed by atoms with van der Waals surface area (Å²) in [4.78, 5) is 4.52. The summed E-state index contributed by atoms with van der Waals surface area (Å²) in [6, 6.07) is 8.45. The van der Waals surface area contributed by atoms with Crippen molar-refractivity contribution in [1.82, 2.24) is 14.9 Å². The molecule has 1 aromatic carbocycles. The molecule has 0 saturated carbocycles. The van der Waals surface area contributed by atoms with Crippen LogP contribution in [0.25, 0.3) is 5.69 Å². The van der Waals surface area contributed by atoms with Crippen LogP contribution in [0, 0.1) is 11.3 Å². The van der Waals surface area contributed by atoms with Gasteiger partial charge in [-0.15, -0.1) is 0 Å². The second kappa shape index (κ2) is 6.11. The molecule has 0 spiro atoms. The van der Waals surface area contributed by atoms with E-state index in [1.165, 1.54) is 24.2 Å². The third-order valence-electron chi connectivity index (χ3n) is 4.05. The predicted octanol–water partition coefficient (Wildman–Crippen LogP) is 2.73. The molecule has 0 fully saturated rings. The Labute approximate surface area is 125 Å². The van der Waals surface area contributed by atoms with Crippen LogP contribution in [0.15, 0.2) is 24.5 Å². The maximum absolute atomic E-state index is 9.47. The number of fused-ring (bicyclic) bond motifs is 1. The number of imidazole rings is 1. The number of hydrogen-bond donors (Lipinski definition) is 1. The molecule has 21 heavy (non-hydrogen) atoms. The van der Waals surface area contributed by atoms with Crippen LogP contribution in [-0.2, 0) is 19.4 Å². The molecule has 4 nitrogen and oxygen atoms in total. The first kappa shape index (κ1) is 13.8. The topological polar surface area (TPSA) is 53.6 Å². The number of aromatic nitrogens is 2. The minimum absolute atomic E-state index is 0.719. The Balaban J connectivity index is 1.99. The quantitative estimate of drug-likeness (QED) is 0.937. The van der Waals surface area contributed by atoms with E-state index in [0.717, 1.165) is 42.7 Å². The van der Waals surface area contributed by atoms with Gasteiger partial charge < -0.3 is 9.88 Å². The Bertz CT molecular complexity index is 679. The van der Waals surface area contributed by atoms with Gasteiger partial charge in [-0.2, -0.15) is 5.26 Å². The Kier molecular flexibility index (Phi) is 4.03. The number of nitrogens with zero attached hydrogens (tertiary/aromatic N) is 3. The molecule has 1 aromatic heterocycles. The molecule has 1 aliphatic carbocycles. The zero-order valence-electron chi connectivity index (χ0n) is 12.4. The van der Waals surface area contributed by atoms with E-state index in [9.17, 15) is 5.26 Å². The van der Waals surface area contributed by atoms with Gasteiger partial charge in [-0.3, -0.25) is 0 Å². The molecule has 1 N–H and O–H groups in total. The largest absolute Gasteiger partial charge is 0.313 e. The van der Waals surface area contributed by atoms with Crippen LogP contribution in [0.5, 0.6) is 0 Å². The number of aryl methyl sites for hydroxylation is 1. The summed E-state index contributed by atoms with van der Waals surface area (Å²) in [6.45, 7) is 3.81. The molecule has 0 saturated heterocycles. The summed E-state index contributed by atoms with van der Waals surface area (Å²) >= 11 is 0. The molecule has 0 bridgehead atoms. The first-order chi connectivity index (χ1) is 10.3. The molecule has 0 amide bonds. The lowest BCUT2D eigenvalue weighted by molar-refractivity contribution is 0.655. The molecule has 108 valence electrons. The monoisotopic (exact) mass is 280 g/mol. The van der Waals surface area contributed by atoms with Gasteiger partial charge in [-0.25, -0.2) is 4.98 Å². The second-order valence-electron chi connectivity index (χ2n) is 5.46. The molecular weight excluding hydrogens is 260 g/mol. The Hall–Kier alpha value is -2.12.